The van der Waals surface area contributed by atoms with Gasteiger partial charge in [-0.2, -0.15) is 8.78 Å². The molecule has 0 aliphatic heterocycles. The van der Waals surface area contributed by atoms with Gasteiger partial charge in [0.2, 0.25) is 0 Å². The molecule has 0 spiro atoms. The first kappa shape index (κ1) is 14.2. The summed E-state index contributed by atoms with van der Waals surface area (Å²) in [5.74, 6) is -4.16. The van der Waals surface area contributed by atoms with Gasteiger partial charge in [-0.05, 0) is 12.1 Å². The maximum atomic E-state index is 12.7. The highest BCUT2D eigenvalue weighted by molar-refractivity contribution is 6.39. The highest BCUT2D eigenvalue weighted by Gasteiger charge is 2.40. The number of alkyl halides is 4. The number of halogens is 6. The zero-order valence-electron chi connectivity index (χ0n) is 8.28. The van der Waals surface area contributed by atoms with Crippen molar-refractivity contribution in [1.82, 2.24) is 0 Å². The molecule has 1 aromatic rings. The summed E-state index contributed by atoms with van der Waals surface area (Å²) < 4.78 is 49.1. The second-order valence-electron chi connectivity index (χ2n) is 3.27. The normalized spacial score (nSPS) is 11.9. The number of hydrogen-bond donors (Lipinski definition) is 2. The first-order valence-corrected chi connectivity index (χ1v) is 5.14. The van der Waals surface area contributed by atoms with Crippen LogP contribution in [-0.4, -0.2) is 18.9 Å². The summed E-state index contributed by atoms with van der Waals surface area (Å²) in [7, 11) is 0. The zero-order chi connectivity index (χ0) is 13.2. The third-order valence-electron chi connectivity index (χ3n) is 1.88. The molecule has 3 N–H and O–H groups in total. The fraction of sp³-hybridized carbons (Fsp3) is 0.333. The van der Waals surface area contributed by atoms with Gasteiger partial charge >= 0.3 is 12.3 Å². The third-order valence-corrected chi connectivity index (χ3v) is 2.48. The molecule has 0 amide bonds. The van der Waals surface area contributed by atoms with Crippen LogP contribution in [0, 0.1) is 0 Å². The summed E-state index contributed by atoms with van der Waals surface area (Å²) in [5, 5.41) is 2.05. The Labute approximate surface area is 105 Å². The molecular weight excluding hydrogens is 283 g/mol. The Morgan fingerprint density at radius 3 is 2.12 bits per heavy atom. The molecule has 0 heterocycles. The summed E-state index contributed by atoms with van der Waals surface area (Å²) in [6.07, 6.45) is -3.76. The maximum Gasteiger partial charge on any atom is 0.324 e. The number of rotatable bonds is 4. The van der Waals surface area contributed by atoms with Crippen molar-refractivity contribution in [3.05, 3.63) is 22.2 Å². The SMILES string of the molecule is Nc1cc(Cl)c(NCC(F)(F)C(F)F)c(Cl)c1. The molecule has 0 radical (unpaired) electrons. The lowest BCUT2D eigenvalue weighted by atomic mass is 10.2. The number of nitrogens with one attached hydrogen (secondary N) is 1. The fourth-order valence-electron chi connectivity index (χ4n) is 1.05. The number of nitrogens with two attached hydrogens (primary N) is 1. The lowest BCUT2D eigenvalue weighted by molar-refractivity contribution is -0.117. The second-order valence-corrected chi connectivity index (χ2v) is 4.09. The third kappa shape index (κ3) is 3.54. The maximum absolute atomic E-state index is 12.7. The molecule has 0 aliphatic rings. The molecule has 2 nitrogen and oxygen atoms in total. The van der Waals surface area contributed by atoms with Crippen LogP contribution in [0.3, 0.4) is 0 Å². The molecule has 1 aromatic carbocycles. The minimum atomic E-state index is -4.16. The van der Waals surface area contributed by atoms with Crippen LogP contribution in [-0.2, 0) is 0 Å². The average Bonchev–Trinajstić information content (AvgIpc) is 2.15. The van der Waals surface area contributed by atoms with Crippen LogP contribution >= 0.6 is 23.2 Å². The Balaban J connectivity index is 2.83. The van der Waals surface area contributed by atoms with E-state index in [1.807, 2.05) is 0 Å². The van der Waals surface area contributed by atoms with E-state index in [0.717, 1.165) is 0 Å². The molecule has 0 fully saturated rings. The van der Waals surface area contributed by atoms with Crippen LogP contribution in [0.2, 0.25) is 10.0 Å². The zero-order valence-corrected chi connectivity index (χ0v) is 9.80. The number of anilines is 2. The van der Waals surface area contributed by atoms with Crippen molar-refractivity contribution in [2.45, 2.75) is 12.3 Å². The largest absolute Gasteiger partial charge is 0.399 e. The predicted molar refractivity (Wildman–Crippen MR) is 60.3 cm³/mol. The molecule has 0 aliphatic carbocycles. The van der Waals surface area contributed by atoms with Crippen molar-refractivity contribution in [3.63, 3.8) is 0 Å². The summed E-state index contributed by atoms with van der Waals surface area (Å²) in [6.45, 7) is -1.27. The molecule has 8 heteroatoms. The summed E-state index contributed by atoms with van der Waals surface area (Å²) in [4.78, 5) is 0. The van der Waals surface area contributed by atoms with Crippen LogP contribution < -0.4 is 11.1 Å². The van der Waals surface area contributed by atoms with Crippen LogP contribution in [0.15, 0.2) is 12.1 Å². The van der Waals surface area contributed by atoms with Gasteiger partial charge in [0.05, 0.1) is 22.3 Å². The van der Waals surface area contributed by atoms with E-state index in [1.54, 1.807) is 0 Å². The Morgan fingerprint density at radius 1 is 1.24 bits per heavy atom. The number of hydrogen-bond acceptors (Lipinski definition) is 2. The Hall–Kier alpha value is -0.880. The smallest absolute Gasteiger partial charge is 0.324 e. The van der Waals surface area contributed by atoms with E-state index in [4.69, 9.17) is 28.9 Å². The molecule has 17 heavy (non-hydrogen) atoms. The molecule has 1 rings (SSSR count). The Kier molecular flexibility index (Phi) is 4.32. The number of nitrogen functional groups attached to an aromatic ring is 1. The van der Waals surface area contributed by atoms with Gasteiger partial charge in [-0.15, -0.1) is 0 Å². The van der Waals surface area contributed by atoms with Crippen molar-refractivity contribution in [1.29, 1.82) is 0 Å². The van der Waals surface area contributed by atoms with E-state index in [-0.39, 0.29) is 21.4 Å². The summed E-state index contributed by atoms with van der Waals surface area (Å²) >= 11 is 11.4. The first-order valence-electron chi connectivity index (χ1n) is 4.38. The minimum Gasteiger partial charge on any atom is -0.399 e. The van der Waals surface area contributed by atoms with E-state index in [1.165, 1.54) is 12.1 Å². The average molecular weight is 291 g/mol. The highest BCUT2D eigenvalue weighted by Crippen LogP contribution is 2.34. The van der Waals surface area contributed by atoms with Crippen LogP contribution in [0.4, 0.5) is 28.9 Å². The van der Waals surface area contributed by atoms with E-state index < -0.39 is 18.9 Å². The quantitative estimate of drug-likeness (QED) is 0.652. The van der Waals surface area contributed by atoms with Gasteiger partial charge in [0, 0.05) is 5.69 Å². The lowest BCUT2D eigenvalue weighted by Crippen LogP contribution is -2.34. The summed E-state index contributed by atoms with van der Waals surface area (Å²) in [5.41, 5.74) is 5.58. The molecule has 0 aromatic heterocycles. The van der Waals surface area contributed by atoms with E-state index in [9.17, 15) is 17.6 Å². The molecular formula is C9H8Cl2F4N2. The van der Waals surface area contributed by atoms with Crippen LogP contribution in [0.25, 0.3) is 0 Å². The molecule has 0 unspecified atom stereocenters. The first-order chi connectivity index (χ1) is 7.74. The van der Waals surface area contributed by atoms with Crippen molar-refractivity contribution in [3.8, 4) is 0 Å². The molecule has 96 valence electrons. The fourth-order valence-corrected chi connectivity index (χ4v) is 1.68. The van der Waals surface area contributed by atoms with Gasteiger partial charge in [0.25, 0.3) is 0 Å². The monoisotopic (exact) mass is 290 g/mol. The van der Waals surface area contributed by atoms with Crippen molar-refractivity contribution in [2.75, 3.05) is 17.6 Å². The number of benzene rings is 1. The Morgan fingerprint density at radius 2 is 1.71 bits per heavy atom. The van der Waals surface area contributed by atoms with Crippen molar-refractivity contribution >= 4 is 34.6 Å². The van der Waals surface area contributed by atoms with Gasteiger partial charge in [-0.3, -0.25) is 0 Å². The van der Waals surface area contributed by atoms with Gasteiger partial charge in [-0.1, -0.05) is 23.2 Å². The molecule has 0 atom stereocenters. The lowest BCUT2D eigenvalue weighted by Gasteiger charge is -2.18. The molecule has 0 saturated heterocycles. The van der Waals surface area contributed by atoms with Gasteiger partial charge in [-0.25, -0.2) is 8.78 Å². The Bertz CT molecular complexity index is 389. The minimum absolute atomic E-state index is 0.0138. The van der Waals surface area contributed by atoms with Gasteiger partial charge in [0.15, 0.2) is 0 Å². The van der Waals surface area contributed by atoms with Crippen molar-refractivity contribution < 1.29 is 17.6 Å². The molecule has 0 bridgehead atoms. The van der Waals surface area contributed by atoms with Crippen LogP contribution in [0.5, 0.6) is 0 Å². The molecule has 0 saturated carbocycles. The van der Waals surface area contributed by atoms with E-state index >= 15 is 0 Å². The van der Waals surface area contributed by atoms with E-state index in [2.05, 4.69) is 5.32 Å². The van der Waals surface area contributed by atoms with Gasteiger partial charge < -0.3 is 11.1 Å². The standard InChI is InChI=1S/C9H8Cl2F4N2/c10-5-1-4(16)2-6(11)7(5)17-3-9(14,15)8(12)13/h1-2,8,17H,3,16H2. The van der Waals surface area contributed by atoms with Gasteiger partial charge in [0.1, 0.15) is 0 Å². The van der Waals surface area contributed by atoms with Crippen LogP contribution in [0.1, 0.15) is 0 Å². The summed E-state index contributed by atoms with van der Waals surface area (Å²) in [6, 6.07) is 2.55. The van der Waals surface area contributed by atoms with Crippen molar-refractivity contribution in [2.24, 2.45) is 0 Å². The highest BCUT2D eigenvalue weighted by atomic mass is 35.5. The second kappa shape index (κ2) is 5.18. The van der Waals surface area contributed by atoms with E-state index in [0.29, 0.717) is 0 Å². The topological polar surface area (TPSA) is 38.0 Å². The predicted octanol–water partition coefficient (Wildman–Crippen LogP) is 3.89.